The third-order valence-electron chi connectivity index (χ3n) is 4.07. The molecule has 0 spiro atoms. The number of ether oxygens (including phenoxy) is 1. The molecule has 1 N–H and O–H groups in total. The molecule has 0 aliphatic rings. The number of esters is 1. The second-order valence-electron chi connectivity index (χ2n) is 5.62. The molecule has 2 aromatic heterocycles. The van der Waals surface area contributed by atoms with E-state index in [1.54, 1.807) is 0 Å². The van der Waals surface area contributed by atoms with Gasteiger partial charge in [-0.3, -0.25) is 0 Å². The zero-order valence-corrected chi connectivity index (χ0v) is 14.7. The lowest BCUT2D eigenvalue weighted by Gasteiger charge is -2.09. The van der Waals surface area contributed by atoms with Crippen molar-refractivity contribution in [2.45, 2.75) is 0 Å². The zero-order chi connectivity index (χ0) is 18.1. The number of nitrogens with zero attached hydrogens (tertiary/aromatic N) is 2. The minimum Gasteiger partial charge on any atom is -0.505 e. The van der Waals surface area contributed by atoms with Crippen molar-refractivity contribution in [3.63, 3.8) is 0 Å². The first-order chi connectivity index (χ1) is 12.7. The molecule has 6 heteroatoms. The topological polar surface area (TPSA) is 72.3 Å². The fourth-order valence-electron chi connectivity index (χ4n) is 2.83. The number of pyridine rings is 1. The van der Waals surface area contributed by atoms with Gasteiger partial charge in [-0.1, -0.05) is 60.7 Å². The summed E-state index contributed by atoms with van der Waals surface area (Å²) in [4.78, 5) is 16.6. The summed E-state index contributed by atoms with van der Waals surface area (Å²) in [5, 5.41) is 11.3. The second kappa shape index (κ2) is 6.57. The van der Waals surface area contributed by atoms with E-state index in [0.717, 1.165) is 15.8 Å². The van der Waals surface area contributed by atoms with E-state index in [9.17, 15) is 9.90 Å². The third-order valence-corrected chi connectivity index (χ3v) is 4.92. The lowest BCUT2D eigenvalue weighted by Crippen LogP contribution is -2.06. The number of rotatable bonds is 3. The van der Waals surface area contributed by atoms with Crippen molar-refractivity contribution < 1.29 is 14.6 Å². The largest absolute Gasteiger partial charge is 0.505 e. The highest BCUT2D eigenvalue weighted by Crippen LogP contribution is 2.42. The van der Waals surface area contributed by atoms with Gasteiger partial charge < -0.3 is 9.84 Å². The number of benzene rings is 2. The predicted octanol–water partition coefficient (Wildman–Crippen LogP) is 4.52. The minimum absolute atomic E-state index is 0.115. The van der Waals surface area contributed by atoms with E-state index in [1.165, 1.54) is 18.6 Å². The van der Waals surface area contributed by atoms with Crippen LogP contribution in [0.3, 0.4) is 0 Å². The van der Waals surface area contributed by atoms with Gasteiger partial charge in [-0.05, 0) is 11.5 Å². The summed E-state index contributed by atoms with van der Waals surface area (Å²) in [5.41, 5.74) is 2.79. The highest BCUT2D eigenvalue weighted by molar-refractivity contribution is 7.14. The summed E-state index contributed by atoms with van der Waals surface area (Å²) in [5.74, 6) is -0.897. The van der Waals surface area contributed by atoms with Gasteiger partial charge in [-0.25, -0.2) is 9.78 Å². The van der Waals surface area contributed by atoms with Crippen LogP contribution < -0.4 is 0 Å². The molecule has 0 aliphatic carbocycles. The number of carbonyl (C=O) groups is 1. The van der Waals surface area contributed by atoms with Gasteiger partial charge in [-0.2, -0.15) is 4.37 Å². The van der Waals surface area contributed by atoms with Gasteiger partial charge in [0.25, 0.3) is 0 Å². The van der Waals surface area contributed by atoms with E-state index < -0.39 is 5.97 Å². The van der Waals surface area contributed by atoms with E-state index in [4.69, 9.17) is 4.74 Å². The van der Waals surface area contributed by atoms with Gasteiger partial charge in [0, 0.05) is 11.1 Å². The summed E-state index contributed by atoms with van der Waals surface area (Å²) in [7, 11) is 1.26. The van der Waals surface area contributed by atoms with Crippen LogP contribution in [0.25, 0.3) is 32.6 Å². The number of hydrogen-bond donors (Lipinski definition) is 1. The molecule has 0 fully saturated rings. The maximum Gasteiger partial charge on any atom is 0.360 e. The second-order valence-corrected chi connectivity index (χ2v) is 6.39. The Balaban J connectivity index is 2.08. The Morgan fingerprint density at radius 2 is 1.54 bits per heavy atom. The molecular weight excluding hydrogens is 348 g/mol. The van der Waals surface area contributed by atoms with Crippen LogP contribution in [0.2, 0.25) is 0 Å². The fraction of sp³-hybridized carbons (Fsp3) is 0.0500. The number of aromatic hydroxyl groups is 1. The van der Waals surface area contributed by atoms with Crippen molar-refractivity contribution in [1.82, 2.24) is 9.36 Å². The summed E-state index contributed by atoms with van der Waals surface area (Å²) < 4.78 is 10.1. The lowest BCUT2D eigenvalue weighted by molar-refractivity contribution is 0.0591. The average Bonchev–Trinajstić information content (AvgIpc) is 3.15. The van der Waals surface area contributed by atoms with Crippen molar-refractivity contribution in [2.24, 2.45) is 0 Å². The van der Waals surface area contributed by atoms with Crippen LogP contribution in [0.5, 0.6) is 5.75 Å². The Morgan fingerprint density at radius 3 is 2.12 bits per heavy atom. The van der Waals surface area contributed by atoms with Crippen LogP contribution in [0.1, 0.15) is 10.5 Å². The molecule has 0 bridgehead atoms. The molecule has 4 rings (SSSR count). The van der Waals surface area contributed by atoms with Crippen LogP contribution in [0.4, 0.5) is 0 Å². The van der Waals surface area contributed by atoms with Crippen molar-refractivity contribution in [2.75, 3.05) is 7.11 Å². The zero-order valence-electron chi connectivity index (χ0n) is 13.8. The van der Waals surface area contributed by atoms with Crippen LogP contribution >= 0.6 is 11.5 Å². The van der Waals surface area contributed by atoms with Crippen molar-refractivity contribution in [3.05, 3.63) is 66.4 Å². The first-order valence-electron chi connectivity index (χ1n) is 7.92. The van der Waals surface area contributed by atoms with E-state index in [-0.39, 0.29) is 11.4 Å². The molecule has 0 aliphatic heterocycles. The van der Waals surface area contributed by atoms with E-state index in [0.29, 0.717) is 16.8 Å². The molecule has 0 unspecified atom stereocenters. The van der Waals surface area contributed by atoms with Crippen LogP contribution in [-0.4, -0.2) is 27.5 Å². The molecule has 0 radical (unpaired) electrons. The normalized spacial score (nSPS) is 10.8. The van der Waals surface area contributed by atoms with Crippen molar-refractivity contribution in [1.29, 1.82) is 0 Å². The molecule has 2 heterocycles. The van der Waals surface area contributed by atoms with Crippen molar-refractivity contribution >= 4 is 27.6 Å². The van der Waals surface area contributed by atoms with Crippen molar-refractivity contribution in [3.8, 4) is 28.3 Å². The molecule has 0 atom stereocenters. The summed E-state index contributed by atoms with van der Waals surface area (Å²) in [6.45, 7) is 0. The standard InChI is InChI=1S/C20H14N2O3S/c1-25-20(24)17-18(23)14-15(12-8-4-2-5-9-12)22-26-19(14)16(21-17)13-10-6-3-7-11-13/h2-11,23H,1H3. The van der Waals surface area contributed by atoms with E-state index >= 15 is 0 Å². The quantitative estimate of drug-likeness (QED) is 0.543. The Kier molecular flexibility index (Phi) is 4.10. The van der Waals surface area contributed by atoms with Gasteiger partial charge in [0.05, 0.1) is 28.6 Å². The molecule has 26 heavy (non-hydrogen) atoms. The van der Waals surface area contributed by atoms with Gasteiger partial charge in [0.2, 0.25) is 0 Å². The SMILES string of the molecule is COC(=O)c1nc(-c2ccccc2)c2snc(-c3ccccc3)c2c1O. The highest BCUT2D eigenvalue weighted by Gasteiger charge is 2.25. The summed E-state index contributed by atoms with van der Waals surface area (Å²) in [6, 6.07) is 19.0. The van der Waals surface area contributed by atoms with E-state index in [1.807, 2.05) is 60.7 Å². The van der Waals surface area contributed by atoms with Crippen LogP contribution in [0, 0.1) is 0 Å². The smallest absolute Gasteiger partial charge is 0.360 e. The molecule has 4 aromatic rings. The average molecular weight is 362 g/mol. The maximum atomic E-state index is 12.2. The molecule has 128 valence electrons. The minimum atomic E-state index is -0.688. The fourth-order valence-corrected chi connectivity index (χ4v) is 3.74. The number of hydrogen-bond acceptors (Lipinski definition) is 6. The van der Waals surface area contributed by atoms with Gasteiger partial charge in [0.15, 0.2) is 11.4 Å². The van der Waals surface area contributed by atoms with E-state index in [2.05, 4.69) is 9.36 Å². The molecule has 2 aromatic carbocycles. The Hall–Kier alpha value is -3.25. The van der Waals surface area contributed by atoms with Crippen LogP contribution in [-0.2, 0) is 4.74 Å². The number of carbonyl (C=O) groups excluding carboxylic acids is 1. The first kappa shape index (κ1) is 16.2. The Morgan fingerprint density at radius 1 is 0.962 bits per heavy atom. The Bertz CT molecular complexity index is 1090. The lowest BCUT2D eigenvalue weighted by atomic mass is 10.0. The van der Waals surface area contributed by atoms with Gasteiger partial charge in [0.1, 0.15) is 0 Å². The van der Waals surface area contributed by atoms with Gasteiger partial charge in [-0.15, -0.1) is 0 Å². The van der Waals surface area contributed by atoms with Crippen LogP contribution in [0.15, 0.2) is 60.7 Å². The maximum absolute atomic E-state index is 12.2. The Labute approximate surface area is 153 Å². The first-order valence-corrected chi connectivity index (χ1v) is 8.69. The number of aromatic nitrogens is 2. The molecule has 5 nitrogen and oxygen atoms in total. The predicted molar refractivity (Wildman–Crippen MR) is 101 cm³/mol. The molecule has 0 amide bonds. The summed E-state index contributed by atoms with van der Waals surface area (Å²) in [6.07, 6.45) is 0. The summed E-state index contributed by atoms with van der Waals surface area (Å²) >= 11 is 1.25. The third kappa shape index (κ3) is 2.60. The number of fused-ring (bicyclic) bond motifs is 1. The monoisotopic (exact) mass is 362 g/mol. The van der Waals surface area contributed by atoms with Gasteiger partial charge >= 0.3 is 5.97 Å². The molecule has 0 saturated carbocycles. The molecule has 0 saturated heterocycles. The number of methoxy groups -OCH3 is 1. The molecular formula is C20H14N2O3S. The highest BCUT2D eigenvalue weighted by atomic mass is 32.1.